The van der Waals surface area contributed by atoms with Crippen LogP contribution in [0.25, 0.3) is 0 Å². The second-order valence-corrected chi connectivity index (χ2v) is 12.9. The first-order chi connectivity index (χ1) is 20.0. The van der Waals surface area contributed by atoms with Crippen LogP contribution in [0.3, 0.4) is 0 Å². The molecule has 2 aliphatic heterocycles. The summed E-state index contributed by atoms with van der Waals surface area (Å²) in [7, 11) is 1.41. The molecule has 6 rings (SSSR count). The lowest BCUT2D eigenvalue weighted by Gasteiger charge is -2.50. The highest BCUT2D eigenvalue weighted by Gasteiger charge is 2.76. The fraction of sp³-hybridized carbons (Fsp3) is 0.400. The molecular formula is C30H27BrCl2N2O7. The van der Waals surface area contributed by atoms with Gasteiger partial charge in [0.15, 0.2) is 21.2 Å². The van der Waals surface area contributed by atoms with Gasteiger partial charge in [-0.2, -0.15) is 0 Å². The summed E-state index contributed by atoms with van der Waals surface area (Å²) in [5.41, 5.74) is 1.81. The van der Waals surface area contributed by atoms with Gasteiger partial charge in [-0.25, -0.2) is 0 Å². The van der Waals surface area contributed by atoms with Crippen LogP contribution in [0.15, 0.2) is 54.1 Å². The number of aromatic hydroxyl groups is 2. The Morgan fingerprint density at radius 1 is 0.976 bits per heavy atom. The highest BCUT2D eigenvalue weighted by atomic mass is 79.9. The number of fused-ring (bicyclic) bond motifs is 4. The van der Waals surface area contributed by atoms with Crippen LogP contribution in [0.4, 0.5) is 0 Å². The minimum atomic E-state index is -1.94. The van der Waals surface area contributed by atoms with E-state index < -0.39 is 45.2 Å². The highest BCUT2D eigenvalue weighted by Crippen LogP contribution is 2.65. The van der Waals surface area contributed by atoms with Crippen LogP contribution in [-0.2, 0) is 25.6 Å². The van der Waals surface area contributed by atoms with Crippen LogP contribution in [0.2, 0.25) is 0 Å². The van der Waals surface area contributed by atoms with Crippen molar-refractivity contribution in [3.05, 3.63) is 65.2 Å². The van der Waals surface area contributed by atoms with Crippen LogP contribution in [0, 0.1) is 17.8 Å². The fourth-order valence-corrected chi connectivity index (χ4v) is 8.63. The van der Waals surface area contributed by atoms with E-state index in [0.29, 0.717) is 17.6 Å². The molecule has 2 heterocycles. The monoisotopic (exact) mass is 676 g/mol. The summed E-state index contributed by atoms with van der Waals surface area (Å²) in [6.45, 7) is 0.160. The number of hydrogen-bond donors (Lipinski definition) is 2. The molecule has 0 radical (unpaired) electrons. The number of ether oxygens (including phenoxy) is 1. The highest BCUT2D eigenvalue weighted by molar-refractivity contribution is 9.09. The van der Waals surface area contributed by atoms with Crippen LogP contribution >= 0.6 is 39.1 Å². The number of allylic oxidation sites excluding steroid dienone is 2. The van der Waals surface area contributed by atoms with E-state index in [9.17, 15) is 29.4 Å². The quantitative estimate of drug-likeness (QED) is 0.205. The number of hydrogen-bond acceptors (Lipinski definition) is 7. The zero-order valence-corrected chi connectivity index (χ0v) is 25.5. The fourth-order valence-electron chi connectivity index (χ4n) is 7.20. The van der Waals surface area contributed by atoms with Gasteiger partial charge in [0.25, 0.3) is 11.8 Å². The molecule has 3 fully saturated rings. The minimum absolute atomic E-state index is 0.109. The Kier molecular flexibility index (Phi) is 7.10. The van der Waals surface area contributed by atoms with Crippen molar-refractivity contribution in [1.82, 2.24) is 9.80 Å². The molecule has 0 spiro atoms. The second-order valence-electron chi connectivity index (χ2n) is 11.2. The number of carbonyl (C=O) groups is 4. The molecule has 6 atom stereocenters. The maximum Gasteiger partial charge on any atom is 0.254 e. The predicted molar refractivity (Wildman–Crippen MR) is 157 cm³/mol. The number of nitrogens with zero attached hydrogens (tertiary/aromatic N) is 2. The smallest absolute Gasteiger partial charge is 0.254 e. The van der Waals surface area contributed by atoms with Gasteiger partial charge in [-0.1, -0.05) is 45.8 Å². The molecule has 4 amide bonds. The maximum atomic E-state index is 13.9. The van der Waals surface area contributed by atoms with Gasteiger partial charge in [-0.15, -0.1) is 23.2 Å². The van der Waals surface area contributed by atoms with Crippen molar-refractivity contribution in [3.63, 3.8) is 0 Å². The Morgan fingerprint density at radius 2 is 1.69 bits per heavy atom. The van der Waals surface area contributed by atoms with Crippen molar-refractivity contribution >= 4 is 62.8 Å². The van der Waals surface area contributed by atoms with Crippen LogP contribution in [0.5, 0.6) is 17.2 Å². The summed E-state index contributed by atoms with van der Waals surface area (Å²) in [6, 6.07) is 11.2. The number of phenols is 2. The van der Waals surface area contributed by atoms with Gasteiger partial charge in [-0.05, 0) is 60.6 Å². The summed E-state index contributed by atoms with van der Waals surface area (Å²) < 4.78 is 5.19. The predicted octanol–water partition coefficient (Wildman–Crippen LogP) is 4.06. The molecule has 2 aromatic rings. The maximum absolute atomic E-state index is 13.9. The number of imide groups is 2. The standard InChI is InChI=1S/C30H27BrCl2N2O7/c1-42-22-9-4-16(12-21(22)37)24-18-7-8-19-23(20(18)13-29(32)27(40)35(14-31)28(41)30(24,29)33)26(39)34(25(19)38)11-10-15-2-5-17(36)6-3-15/h2-7,9,12,19-20,23-24,36-37H,8,10-11,13-14H2,1H3/t19-,20+,23-,24-,29+,30-/m0/s1. The molecule has 4 aliphatic rings. The Morgan fingerprint density at radius 3 is 2.33 bits per heavy atom. The topological polar surface area (TPSA) is 124 Å². The zero-order valence-electron chi connectivity index (χ0n) is 22.4. The van der Waals surface area contributed by atoms with Crippen molar-refractivity contribution in [2.75, 3.05) is 19.1 Å². The van der Waals surface area contributed by atoms with E-state index in [1.165, 1.54) is 24.1 Å². The Hall–Kier alpha value is -3.08. The lowest BCUT2D eigenvalue weighted by molar-refractivity contribution is -0.141. The molecule has 2 aliphatic carbocycles. The van der Waals surface area contributed by atoms with E-state index in [-0.39, 0.29) is 53.9 Å². The second kappa shape index (κ2) is 10.3. The lowest BCUT2D eigenvalue weighted by atomic mass is 9.56. The molecule has 0 unspecified atom stereocenters. The van der Waals surface area contributed by atoms with E-state index >= 15 is 0 Å². The van der Waals surface area contributed by atoms with Crippen LogP contribution in [0.1, 0.15) is 29.9 Å². The lowest BCUT2D eigenvalue weighted by Crippen LogP contribution is -2.60. The first-order valence-electron chi connectivity index (χ1n) is 13.5. The van der Waals surface area contributed by atoms with Gasteiger partial charge in [0.05, 0.1) is 24.4 Å². The van der Waals surface area contributed by atoms with Crippen molar-refractivity contribution < 1.29 is 34.1 Å². The van der Waals surface area contributed by atoms with Gasteiger partial charge in [-0.3, -0.25) is 29.0 Å². The molecule has 2 saturated heterocycles. The number of methoxy groups -OCH3 is 1. The molecular weight excluding hydrogens is 651 g/mol. The molecule has 9 nitrogen and oxygen atoms in total. The van der Waals surface area contributed by atoms with Crippen molar-refractivity contribution in [3.8, 4) is 17.2 Å². The Balaban J connectivity index is 1.42. The molecule has 0 bridgehead atoms. The zero-order chi connectivity index (χ0) is 30.1. The Bertz CT molecular complexity index is 1550. The molecule has 2 aromatic carbocycles. The molecule has 0 aromatic heterocycles. The van der Waals surface area contributed by atoms with E-state index in [1.54, 1.807) is 30.3 Å². The first-order valence-corrected chi connectivity index (χ1v) is 15.4. The number of halogens is 3. The first kappa shape index (κ1) is 29.0. The number of amides is 4. The largest absolute Gasteiger partial charge is 0.508 e. The normalized spacial score (nSPS) is 32.0. The van der Waals surface area contributed by atoms with Gasteiger partial charge < -0.3 is 14.9 Å². The van der Waals surface area contributed by atoms with Crippen molar-refractivity contribution in [2.24, 2.45) is 17.8 Å². The van der Waals surface area contributed by atoms with Gasteiger partial charge in [0, 0.05) is 12.5 Å². The van der Waals surface area contributed by atoms with Crippen LogP contribution < -0.4 is 4.74 Å². The van der Waals surface area contributed by atoms with E-state index in [1.807, 2.05) is 6.08 Å². The summed E-state index contributed by atoms with van der Waals surface area (Å²) in [6.07, 6.45) is 2.40. The molecule has 2 N–H and O–H groups in total. The molecule has 42 heavy (non-hydrogen) atoms. The number of benzene rings is 2. The number of rotatable bonds is 6. The third-order valence-electron chi connectivity index (χ3n) is 9.20. The Labute approximate surface area is 260 Å². The van der Waals surface area contributed by atoms with Crippen LogP contribution in [-0.4, -0.2) is 72.5 Å². The molecule has 12 heteroatoms. The van der Waals surface area contributed by atoms with Gasteiger partial charge in [0.1, 0.15) is 5.75 Å². The molecule has 220 valence electrons. The number of phenolic OH excluding ortho intramolecular Hbond substituents is 2. The summed E-state index contributed by atoms with van der Waals surface area (Å²) in [5.74, 6) is -4.90. The van der Waals surface area contributed by atoms with E-state index in [2.05, 4.69) is 15.9 Å². The average Bonchev–Trinajstić information content (AvgIpc) is 3.30. The SMILES string of the molecule is COc1ccc([C@H]2C3=CC[C@@H]4C(=O)N(CCc5ccc(O)cc5)C(=O)[C@@H]4[C@@H]3C[C@@]3(Cl)C(=O)N(CBr)C(=O)[C@@]23Cl)cc1O. The average molecular weight is 678 g/mol. The number of carbonyl (C=O) groups excluding carboxylic acids is 4. The number of likely N-dealkylation sites (tertiary alicyclic amines) is 2. The van der Waals surface area contributed by atoms with E-state index in [0.717, 1.165) is 10.5 Å². The third kappa shape index (κ3) is 3.94. The van der Waals surface area contributed by atoms with Crippen molar-refractivity contribution in [1.29, 1.82) is 0 Å². The molecule has 1 saturated carbocycles. The van der Waals surface area contributed by atoms with Gasteiger partial charge in [0.2, 0.25) is 11.8 Å². The van der Waals surface area contributed by atoms with Gasteiger partial charge >= 0.3 is 0 Å². The summed E-state index contributed by atoms with van der Waals surface area (Å²) >= 11 is 17.6. The number of alkyl halides is 3. The third-order valence-corrected chi connectivity index (χ3v) is 11.1. The van der Waals surface area contributed by atoms with Crippen molar-refractivity contribution in [2.45, 2.75) is 34.9 Å². The minimum Gasteiger partial charge on any atom is -0.508 e. The summed E-state index contributed by atoms with van der Waals surface area (Å²) in [4.78, 5) is 53.4. The summed E-state index contributed by atoms with van der Waals surface area (Å²) in [5, 5.41) is 20.2. The van der Waals surface area contributed by atoms with E-state index in [4.69, 9.17) is 27.9 Å².